The summed E-state index contributed by atoms with van der Waals surface area (Å²) in [6, 6.07) is 14.0. The van der Waals surface area contributed by atoms with E-state index in [9.17, 15) is 4.79 Å². The van der Waals surface area contributed by atoms with Crippen LogP contribution < -0.4 is 9.47 Å². The van der Waals surface area contributed by atoms with Crippen molar-refractivity contribution in [3.63, 3.8) is 0 Å². The second kappa shape index (κ2) is 13.0. The van der Waals surface area contributed by atoms with Gasteiger partial charge in [0.2, 0.25) is 5.91 Å². The Morgan fingerprint density at radius 1 is 1.03 bits per heavy atom. The van der Waals surface area contributed by atoms with Gasteiger partial charge in [-0.3, -0.25) is 9.63 Å². The van der Waals surface area contributed by atoms with Crippen molar-refractivity contribution in [2.75, 3.05) is 32.9 Å². The number of hydrogen-bond donors (Lipinski definition) is 0. The van der Waals surface area contributed by atoms with E-state index in [1.807, 2.05) is 54.1 Å². The normalized spacial score (nSPS) is 14.2. The molecular weight excluding hydrogens is 452 g/mol. The smallest absolute Gasteiger partial charge is 0.227 e. The van der Waals surface area contributed by atoms with Gasteiger partial charge in [-0.15, -0.1) is 0 Å². The average Bonchev–Trinajstić information content (AvgIpc) is 3.04. The van der Waals surface area contributed by atoms with Crippen LogP contribution in [0.5, 0.6) is 11.5 Å². The van der Waals surface area contributed by atoms with Crippen molar-refractivity contribution >= 4 is 17.5 Å². The molecule has 7 heteroatoms. The minimum Gasteiger partial charge on any atom is -0.489 e. The quantitative estimate of drug-likeness (QED) is 0.387. The Labute approximate surface area is 208 Å². The number of fused-ring (bicyclic) bond motifs is 1. The SMILES string of the molecule is CCON(Cc1ccccc1)CC(C)C(=O)N(Cc1cc(Cl)c2c(c1)OCCCO2)CC(C)C. The van der Waals surface area contributed by atoms with Crippen molar-refractivity contribution in [2.24, 2.45) is 11.8 Å². The highest BCUT2D eigenvalue weighted by atomic mass is 35.5. The van der Waals surface area contributed by atoms with Gasteiger partial charge in [0.05, 0.1) is 30.8 Å². The van der Waals surface area contributed by atoms with Crippen molar-refractivity contribution in [3.8, 4) is 11.5 Å². The standard InChI is InChI=1S/C27H37ClN2O4/c1-5-34-30(19-22-10-7-6-8-11-22)17-21(4)27(31)29(16-20(2)3)18-23-14-24(28)26-25(15-23)32-12-9-13-33-26/h6-8,10-11,14-15,20-21H,5,9,12-13,16-19H2,1-4H3. The highest BCUT2D eigenvalue weighted by molar-refractivity contribution is 6.32. The highest BCUT2D eigenvalue weighted by Gasteiger charge is 2.25. The topological polar surface area (TPSA) is 51.2 Å². The minimum absolute atomic E-state index is 0.0923. The number of ether oxygens (including phenoxy) is 2. The number of carbonyl (C=O) groups excluding carboxylic acids is 1. The molecule has 0 aliphatic carbocycles. The van der Waals surface area contributed by atoms with Crippen LogP contribution in [0.4, 0.5) is 0 Å². The van der Waals surface area contributed by atoms with Crippen molar-refractivity contribution < 1.29 is 19.1 Å². The summed E-state index contributed by atoms with van der Waals surface area (Å²) in [4.78, 5) is 21.3. The Morgan fingerprint density at radius 3 is 2.47 bits per heavy atom. The van der Waals surface area contributed by atoms with Crippen LogP contribution in [0.25, 0.3) is 0 Å². The van der Waals surface area contributed by atoms with Crippen molar-refractivity contribution in [1.29, 1.82) is 0 Å². The predicted molar refractivity (Wildman–Crippen MR) is 135 cm³/mol. The van der Waals surface area contributed by atoms with E-state index in [-0.39, 0.29) is 11.8 Å². The number of amides is 1. The maximum atomic E-state index is 13.6. The van der Waals surface area contributed by atoms with Gasteiger partial charge in [-0.05, 0) is 36.1 Å². The third-order valence-electron chi connectivity index (χ3n) is 5.55. The summed E-state index contributed by atoms with van der Waals surface area (Å²) < 4.78 is 11.6. The molecule has 0 saturated heterocycles. The molecule has 0 bridgehead atoms. The van der Waals surface area contributed by atoms with Crippen LogP contribution in [0, 0.1) is 11.8 Å². The largest absolute Gasteiger partial charge is 0.489 e. The first kappa shape index (κ1) is 26.3. The van der Waals surface area contributed by atoms with E-state index in [1.54, 1.807) is 0 Å². The molecule has 1 aliphatic rings. The maximum Gasteiger partial charge on any atom is 0.227 e. The molecule has 0 radical (unpaired) electrons. The van der Waals surface area contributed by atoms with Gasteiger partial charge in [0.15, 0.2) is 11.5 Å². The number of hydroxylamine groups is 2. The second-order valence-corrected chi connectivity index (χ2v) is 9.60. The van der Waals surface area contributed by atoms with Gasteiger partial charge >= 0.3 is 0 Å². The molecule has 3 rings (SSSR count). The van der Waals surface area contributed by atoms with Crippen LogP contribution >= 0.6 is 11.6 Å². The molecule has 186 valence electrons. The third kappa shape index (κ3) is 7.62. The Hall–Kier alpha value is -2.28. The molecule has 1 amide bonds. The fraction of sp³-hybridized carbons (Fsp3) is 0.519. The molecule has 0 spiro atoms. The molecule has 1 atom stereocenters. The summed E-state index contributed by atoms with van der Waals surface area (Å²) in [5.74, 6) is 1.43. The summed E-state index contributed by atoms with van der Waals surface area (Å²) in [5, 5.41) is 2.40. The molecule has 1 aliphatic heterocycles. The summed E-state index contributed by atoms with van der Waals surface area (Å²) in [6.07, 6.45) is 0.815. The first-order valence-electron chi connectivity index (χ1n) is 12.2. The molecule has 1 heterocycles. The number of benzene rings is 2. The number of hydrogen-bond acceptors (Lipinski definition) is 5. The first-order valence-corrected chi connectivity index (χ1v) is 12.5. The summed E-state index contributed by atoms with van der Waals surface area (Å²) in [7, 11) is 0. The average molecular weight is 489 g/mol. The summed E-state index contributed by atoms with van der Waals surface area (Å²) in [6.45, 7) is 12.2. The number of rotatable bonds is 11. The molecular formula is C27H37ClN2O4. The van der Waals surface area contributed by atoms with Crippen molar-refractivity contribution in [3.05, 3.63) is 58.6 Å². The van der Waals surface area contributed by atoms with Crippen LogP contribution in [0.3, 0.4) is 0 Å². The third-order valence-corrected chi connectivity index (χ3v) is 5.83. The Morgan fingerprint density at radius 2 is 1.76 bits per heavy atom. The van der Waals surface area contributed by atoms with Gasteiger partial charge in [-0.25, -0.2) is 0 Å². The van der Waals surface area contributed by atoms with Gasteiger partial charge in [0.1, 0.15) is 0 Å². The van der Waals surface area contributed by atoms with E-state index in [1.165, 1.54) is 0 Å². The lowest BCUT2D eigenvalue weighted by atomic mass is 10.1. The predicted octanol–water partition coefficient (Wildman–Crippen LogP) is 5.58. The Balaban J connectivity index is 1.72. The van der Waals surface area contributed by atoms with E-state index >= 15 is 0 Å². The Bertz CT molecular complexity index is 922. The Kier molecular flexibility index (Phi) is 10.1. The van der Waals surface area contributed by atoms with Crippen LogP contribution in [0.2, 0.25) is 5.02 Å². The minimum atomic E-state index is -0.232. The molecule has 0 N–H and O–H groups in total. The number of nitrogens with zero attached hydrogens (tertiary/aromatic N) is 2. The van der Waals surface area contributed by atoms with Gasteiger partial charge in [-0.1, -0.05) is 62.7 Å². The van der Waals surface area contributed by atoms with Crippen molar-refractivity contribution in [1.82, 2.24) is 9.96 Å². The molecule has 0 fully saturated rings. The van der Waals surface area contributed by atoms with Crippen LogP contribution in [0.1, 0.15) is 45.2 Å². The first-order chi connectivity index (χ1) is 16.4. The lowest BCUT2D eigenvalue weighted by Gasteiger charge is -2.30. The molecule has 2 aromatic rings. The fourth-order valence-corrected chi connectivity index (χ4v) is 4.38. The highest BCUT2D eigenvalue weighted by Crippen LogP contribution is 2.38. The van der Waals surface area contributed by atoms with Gasteiger partial charge in [0.25, 0.3) is 0 Å². The van der Waals surface area contributed by atoms with E-state index in [2.05, 4.69) is 26.0 Å². The molecule has 6 nitrogen and oxygen atoms in total. The lowest BCUT2D eigenvalue weighted by Crippen LogP contribution is -2.41. The fourth-order valence-electron chi connectivity index (χ4n) is 4.10. The molecule has 2 aromatic carbocycles. The summed E-state index contributed by atoms with van der Waals surface area (Å²) in [5.41, 5.74) is 2.08. The van der Waals surface area contributed by atoms with Crippen LogP contribution in [-0.4, -0.2) is 48.8 Å². The zero-order chi connectivity index (χ0) is 24.5. The lowest BCUT2D eigenvalue weighted by molar-refractivity contribution is -0.174. The molecule has 1 unspecified atom stereocenters. The van der Waals surface area contributed by atoms with E-state index in [4.69, 9.17) is 25.9 Å². The van der Waals surface area contributed by atoms with Gasteiger partial charge in [-0.2, -0.15) is 5.06 Å². The molecule has 0 saturated carbocycles. The van der Waals surface area contributed by atoms with E-state index in [0.717, 1.165) is 17.5 Å². The second-order valence-electron chi connectivity index (χ2n) is 9.19. The van der Waals surface area contributed by atoms with E-state index < -0.39 is 0 Å². The number of halogens is 1. The van der Waals surface area contributed by atoms with Gasteiger partial charge < -0.3 is 14.4 Å². The maximum absolute atomic E-state index is 13.6. The zero-order valence-corrected chi connectivity index (χ0v) is 21.5. The molecule has 34 heavy (non-hydrogen) atoms. The van der Waals surface area contributed by atoms with Gasteiger partial charge in [0, 0.05) is 32.6 Å². The summed E-state index contributed by atoms with van der Waals surface area (Å²) >= 11 is 6.50. The monoisotopic (exact) mass is 488 g/mol. The van der Waals surface area contributed by atoms with Crippen molar-refractivity contribution in [2.45, 2.75) is 47.2 Å². The molecule has 0 aromatic heterocycles. The zero-order valence-electron chi connectivity index (χ0n) is 20.8. The van der Waals surface area contributed by atoms with Crippen LogP contribution in [-0.2, 0) is 22.7 Å². The van der Waals surface area contributed by atoms with E-state index in [0.29, 0.717) is 68.4 Å². The number of carbonyl (C=O) groups is 1. The van der Waals surface area contributed by atoms with Crippen LogP contribution in [0.15, 0.2) is 42.5 Å².